The van der Waals surface area contributed by atoms with E-state index in [4.69, 9.17) is 10.00 Å². The van der Waals surface area contributed by atoms with Crippen LogP contribution in [-0.4, -0.2) is 56.9 Å². The van der Waals surface area contributed by atoms with Crippen LogP contribution in [0.3, 0.4) is 0 Å². The number of unbranched alkanes of at least 4 members (excludes halogenated alkanes) is 12. The number of nitriles is 1. The highest BCUT2D eigenvalue weighted by Crippen LogP contribution is 2.29. The van der Waals surface area contributed by atoms with E-state index in [1.54, 1.807) is 11.1 Å². The van der Waals surface area contributed by atoms with E-state index in [2.05, 4.69) is 36.0 Å². The van der Waals surface area contributed by atoms with Crippen molar-refractivity contribution in [3.63, 3.8) is 0 Å². The van der Waals surface area contributed by atoms with E-state index >= 15 is 0 Å². The minimum Gasteiger partial charge on any atom is -0.466 e. The van der Waals surface area contributed by atoms with Gasteiger partial charge in [0.1, 0.15) is 18.4 Å². The third-order valence-corrected chi connectivity index (χ3v) is 9.45. The monoisotopic (exact) mass is 647 g/mol. The predicted octanol–water partition coefficient (Wildman–Crippen LogP) is 8.37. The molecule has 9 nitrogen and oxygen atoms in total. The lowest BCUT2D eigenvalue weighted by Crippen LogP contribution is -2.43. The van der Waals surface area contributed by atoms with Gasteiger partial charge in [0.15, 0.2) is 0 Å². The van der Waals surface area contributed by atoms with Crippen molar-refractivity contribution >= 4 is 28.8 Å². The molecule has 0 unspecified atom stereocenters. The van der Waals surface area contributed by atoms with Crippen LogP contribution >= 0.6 is 0 Å². The van der Waals surface area contributed by atoms with Gasteiger partial charge in [-0.25, -0.2) is 9.97 Å². The molecule has 0 aromatic carbocycles. The van der Waals surface area contributed by atoms with Crippen molar-refractivity contribution in [3.8, 4) is 6.07 Å². The van der Waals surface area contributed by atoms with Gasteiger partial charge in [0.2, 0.25) is 11.8 Å². The smallest absolute Gasteiger partial charge is 0.306 e. The Morgan fingerprint density at radius 2 is 1.62 bits per heavy atom. The maximum Gasteiger partial charge on any atom is 0.306 e. The molecule has 1 aliphatic rings. The maximum absolute atomic E-state index is 13.0. The van der Waals surface area contributed by atoms with E-state index in [9.17, 15) is 14.4 Å². The Labute approximate surface area is 282 Å². The second-order valence-electron chi connectivity index (χ2n) is 13.2. The minimum absolute atomic E-state index is 0.0367. The van der Waals surface area contributed by atoms with Crippen LogP contribution in [0.25, 0.3) is 11.0 Å². The molecule has 1 amide bonds. The number of fused-ring (bicyclic) bond motifs is 1. The second kappa shape index (κ2) is 22.1. The fourth-order valence-electron chi connectivity index (χ4n) is 6.37. The van der Waals surface area contributed by atoms with Crippen molar-refractivity contribution < 1.29 is 19.1 Å². The highest BCUT2D eigenvalue weighted by atomic mass is 16.5. The molecule has 3 rings (SSSR count). The summed E-state index contributed by atoms with van der Waals surface area (Å²) in [6.07, 6.45) is 26.6. The first-order chi connectivity index (χ1) is 22.9. The van der Waals surface area contributed by atoms with Crippen LogP contribution in [0.15, 0.2) is 30.7 Å². The average Bonchev–Trinajstić information content (AvgIpc) is 3.51. The van der Waals surface area contributed by atoms with Crippen LogP contribution in [0, 0.1) is 23.2 Å². The molecule has 0 radical (unpaired) electrons. The SMILES string of the molecule is CCCCCCCC/C=C\CCCCCCCCOC(=O)CCC(=O)n1ccc2c(C[C@H]3CN(C(=O)CC#N)CC[C@H]3C)ncnc21. The zero-order valence-electron chi connectivity index (χ0n) is 29.0. The van der Waals surface area contributed by atoms with Gasteiger partial charge < -0.3 is 9.64 Å². The highest BCUT2D eigenvalue weighted by Gasteiger charge is 2.30. The Morgan fingerprint density at radius 3 is 2.32 bits per heavy atom. The average molecular weight is 648 g/mol. The van der Waals surface area contributed by atoms with Crippen molar-refractivity contribution in [2.75, 3.05) is 19.7 Å². The number of carbonyl (C=O) groups is 3. The Hall–Kier alpha value is -3.54. The summed E-state index contributed by atoms with van der Waals surface area (Å²) in [5.74, 6) is -0.0868. The molecular weight excluding hydrogens is 590 g/mol. The van der Waals surface area contributed by atoms with Gasteiger partial charge in [-0.15, -0.1) is 0 Å². The fourth-order valence-corrected chi connectivity index (χ4v) is 6.37. The maximum atomic E-state index is 13.0. The fraction of sp³-hybridized carbons (Fsp3) is 0.684. The molecule has 2 atom stereocenters. The van der Waals surface area contributed by atoms with Gasteiger partial charge in [-0.3, -0.25) is 19.0 Å². The number of allylic oxidation sites excluding steroid dienone is 2. The molecule has 0 aliphatic carbocycles. The summed E-state index contributed by atoms with van der Waals surface area (Å²) in [5.41, 5.74) is 1.36. The lowest BCUT2D eigenvalue weighted by molar-refractivity contribution is -0.143. The van der Waals surface area contributed by atoms with Crippen LogP contribution in [0.5, 0.6) is 0 Å². The van der Waals surface area contributed by atoms with Crippen molar-refractivity contribution in [2.45, 2.75) is 136 Å². The first-order valence-electron chi connectivity index (χ1n) is 18.2. The first-order valence-corrected chi connectivity index (χ1v) is 18.2. The lowest BCUT2D eigenvalue weighted by atomic mass is 9.83. The molecule has 0 saturated carbocycles. The number of aromatic nitrogens is 3. The Kier molecular flexibility index (Phi) is 17.8. The first kappa shape index (κ1) is 37.9. The molecule has 47 heavy (non-hydrogen) atoms. The molecule has 258 valence electrons. The standard InChI is InChI=1S/C38H57N5O4/c1-3-4-5-6-7-8-9-10-11-12-13-14-15-16-17-18-27-47-37(46)20-19-36(45)43-26-23-33-34(40-30-41-38(33)43)28-32-29-42(25-22-31(32)2)35(44)21-24-39/h10-11,23,26,30-32H,3-9,12-22,25,27-29H2,1-2H3/b11-10-/t31-,32+/m1/s1. The Bertz CT molecular complexity index is 1310. The Balaban J connectivity index is 1.28. The molecule has 0 bridgehead atoms. The number of amides is 1. The van der Waals surface area contributed by atoms with E-state index < -0.39 is 0 Å². The Morgan fingerprint density at radius 1 is 0.936 bits per heavy atom. The summed E-state index contributed by atoms with van der Waals surface area (Å²) >= 11 is 0. The lowest BCUT2D eigenvalue weighted by Gasteiger charge is -2.36. The molecule has 9 heteroatoms. The molecule has 2 aromatic rings. The molecule has 1 aliphatic heterocycles. The van der Waals surface area contributed by atoms with Crippen LogP contribution < -0.4 is 0 Å². The number of esters is 1. The number of hydrogen-bond acceptors (Lipinski definition) is 7. The largest absolute Gasteiger partial charge is 0.466 e. The van der Waals surface area contributed by atoms with Crippen molar-refractivity contribution in [3.05, 3.63) is 36.4 Å². The van der Waals surface area contributed by atoms with Gasteiger partial charge in [-0.2, -0.15) is 5.26 Å². The summed E-state index contributed by atoms with van der Waals surface area (Å²) in [7, 11) is 0. The van der Waals surface area contributed by atoms with Crippen LogP contribution in [-0.2, 0) is 20.7 Å². The van der Waals surface area contributed by atoms with Crippen molar-refractivity contribution in [1.82, 2.24) is 19.4 Å². The van der Waals surface area contributed by atoms with E-state index in [-0.39, 0.29) is 43.0 Å². The topological polar surface area (TPSA) is 118 Å². The van der Waals surface area contributed by atoms with Gasteiger partial charge in [-0.1, -0.05) is 83.8 Å². The van der Waals surface area contributed by atoms with E-state index in [0.717, 1.165) is 36.8 Å². The van der Waals surface area contributed by atoms with Crippen molar-refractivity contribution in [1.29, 1.82) is 5.26 Å². The highest BCUT2D eigenvalue weighted by molar-refractivity contribution is 5.92. The number of rotatable bonds is 22. The van der Waals surface area contributed by atoms with E-state index in [1.807, 2.05) is 12.1 Å². The van der Waals surface area contributed by atoms with Crippen molar-refractivity contribution in [2.24, 2.45) is 11.8 Å². The summed E-state index contributed by atoms with van der Waals surface area (Å²) < 4.78 is 6.88. The molecule has 0 spiro atoms. The molecular formula is C38H57N5O4. The van der Waals surface area contributed by atoms with E-state index in [1.165, 1.54) is 81.5 Å². The zero-order chi connectivity index (χ0) is 33.7. The summed E-state index contributed by atoms with van der Waals surface area (Å²) in [6.45, 7) is 6.10. The van der Waals surface area contributed by atoms with Gasteiger partial charge >= 0.3 is 5.97 Å². The van der Waals surface area contributed by atoms with Gasteiger partial charge in [0, 0.05) is 31.1 Å². The molecule has 2 aromatic heterocycles. The number of likely N-dealkylation sites (tertiary alicyclic amines) is 1. The third-order valence-electron chi connectivity index (χ3n) is 9.45. The normalized spacial score (nSPS) is 16.5. The summed E-state index contributed by atoms with van der Waals surface area (Å²) in [5, 5.41) is 9.72. The van der Waals surface area contributed by atoms with E-state index in [0.29, 0.717) is 37.7 Å². The second-order valence-corrected chi connectivity index (χ2v) is 13.2. The minimum atomic E-state index is -0.348. The zero-order valence-corrected chi connectivity index (χ0v) is 29.0. The molecule has 1 saturated heterocycles. The molecule has 1 fully saturated rings. The van der Waals surface area contributed by atoms with Crippen LogP contribution in [0.2, 0.25) is 0 Å². The van der Waals surface area contributed by atoms with Crippen LogP contribution in [0.1, 0.15) is 140 Å². The number of nitrogens with zero attached hydrogens (tertiary/aromatic N) is 5. The van der Waals surface area contributed by atoms with Gasteiger partial charge in [0.25, 0.3) is 0 Å². The number of ether oxygens (including phenoxy) is 1. The summed E-state index contributed by atoms with van der Waals surface area (Å²) in [6, 6.07) is 3.80. The molecule has 3 heterocycles. The van der Waals surface area contributed by atoms with Gasteiger partial charge in [-0.05, 0) is 62.8 Å². The van der Waals surface area contributed by atoms with Gasteiger partial charge in [0.05, 0.1) is 24.8 Å². The predicted molar refractivity (Wildman–Crippen MR) is 186 cm³/mol. The van der Waals surface area contributed by atoms with Crippen LogP contribution in [0.4, 0.5) is 0 Å². The number of piperidine rings is 1. The number of hydrogen-bond donors (Lipinski definition) is 0. The third kappa shape index (κ3) is 13.6. The number of carbonyl (C=O) groups excluding carboxylic acids is 3. The quantitative estimate of drug-likeness (QED) is 0.0716. The summed E-state index contributed by atoms with van der Waals surface area (Å²) in [4.78, 5) is 48.3. The molecule has 0 N–H and O–H groups in total.